The number of aliphatic hydroxyl groups excluding tert-OH is 1. The molecule has 4 heteroatoms. The van der Waals surface area contributed by atoms with Gasteiger partial charge in [0.2, 0.25) is 0 Å². The highest BCUT2D eigenvalue weighted by molar-refractivity contribution is 6.35. The lowest BCUT2D eigenvalue weighted by atomic mass is 10.1. The smallest absolute Gasteiger partial charge is 0.0587 e. The van der Waals surface area contributed by atoms with E-state index in [1.54, 1.807) is 0 Å². The van der Waals surface area contributed by atoms with Crippen LogP contribution < -0.4 is 5.32 Å². The molecule has 2 nitrogen and oxygen atoms in total. The summed E-state index contributed by atoms with van der Waals surface area (Å²) in [4.78, 5) is 0. The summed E-state index contributed by atoms with van der Waals surface area (Å²) < 4.78 is 0. The maximum atomic E-state index is 9.48. The summed E-state index contributed by atoms with van der Waals surface area (Å²) in [6, 6.07) is 15.5. The molecule has 0 amide bonds. The van der Waals surface area contributed by atoms with Crippen molar-refractivity contribution in [2.45, 2.75) is 19.0 Å². The van der Waals surface area contributed by atoms with Crippen LogP contribution in [0.5, 0.6) is 0 Å². The van der Waals surface area contributed by atoms with E-state index in [0.29, 0.717) is 16.6 Å². The topological polar surface area (TPSA) is 32.3 Å². The van der Waals surface area contributed by atoms with E-state index in [9.17, 15) is 5.11 Å². The lowest BCUT2D eigenvalue weighted by Gasteiger charge is -2.17. The summed E-state index contributed by atoms with van der Waals surface area (Å²) in [6.45, 7) is 0.605. The van der Waals surface area contributed by atoms with Crippen molar-refractivity contribution in [3.05, 3.63) is 69.7 Å². The maximum Gasteiger partial charge on any atom is 0.0587 e. The van der Waals surface area contributed by atoms with Crippen LogP contribution in [0.15, 0.2) is 48.5 Å². The minimum absolute atomic E-state index is 0.0234. The van der Waals surface area contributed by atoms with E-state index in [-0.39, 0.29) is 12.6 Å². The van der Waals surface area contributed by atoms with Gasteiger partial charge in [0.25, 0.3) is 0 Å². The Morgan fingerprint density at radius 1 is 0.950 bits per heavy atom. The molecule has 1 atom stereocenters. The van der Waals surface area contributed by atoms with Gasteiger partial charge in [-0.2, -0.15) is 0 Å². The fourth-order valence-corrected chi connectivity index (χ4v) is 2.58. The second-order valence-electron chi connectivity index (χ2n) is 4.65. The zero-order valence-corrected chi connectivity index (χ0v) is 12.5. The molecule has 106 valence electrons. The SMILES string of the molecule is OCC(Cc1ccccc1)NCc1c(Cl)cccc1Cl. The average molecular weight is 310 g/mol. The van der Waals surface area contributed by atoms with Gasteiger partial charge in [-0.05, 0) is 24.1 Å². The van der Waals surface area contributed by atoms with Gasteiger partial charge in [-0.25, -0.2) is 0 Å². The number of rotatable bonds is 6. The molecule has 0 aromatic heterocycles. The van der Waals surface area contributed by atoms with Crippen LogP contribution in [0.25, 0.3) is 0 Å². The molecule has 20 heavy (non-hydrogen) atoms. The summed E-state index contributed by atoms with van der Waals surface area (Å²) >= 11 is 12.3. The number of benzene rings is 2. The van der Waals surface area contributed by atoms with Crippen LogP contribution in [-0.2, 0) is 13.0 Å². The van der Waals surface area contributed by atoms with Gasteiger partial charge in [-0.15, -0.1) is 0 Å². The first-order chi connectivity index (χ1) is 9.70. The van der Waals surface area contributed by atoms with Crippen molar-refractivity contribution in [2.24, 2.45) is 0 Å². The quantitative estimate of drug-likeness (QED) is 0.853. The van der Waals surface area contributed by atoms with Crippen LogP contribution in [0, 0.1) is 0 Å². The Labute approximate surface area is 129 Å². The van der Waals surface area contributed by atoms with Crippen molar-refractivity contribution in [1.29, 1.82) is 0 Å². The second-order valence-corrected chi connectivity index (χ2v) is 5.46. The standard InChI is InChI=1S/C16H17Cl2NO/c17-15-7-4-8-16(18)14(15)10-19-13(11-20)9-12-5-2-1-3-6-12/h1-8,13,19-20H,9-11H2. The van der Waals surface area contributed by atoms with Crippen LogP contribution in [0.4, 0.5) is 0 Å². The first-order valence-corrected chi connectivity index (χ1v) is 7.27. The summed E-state index contributed by atoms with van der Waals surface area (Å²) in [6.07, 6.45) is 0.763. The molecule has 2 aromatic rings. The zero-order chi connectivity index (χ0) is 14.4. The average Bonchev–Trinajstić information content (AvgIpc) is 2.46. The fraction of sp³-hybridized carbons (Fsp3) is 0.250. The van der Waals surface area contributed by atoms with Gasteiger partial charge in [-0.3, -0.25) is 0 Å². The van der Waals surface area contributed by atoms with Crippen molar-refractivity contribution < 1.29 is 5.11 Å². The number of hydrogen-bond donors (Lipinski definition) is 2. The minimum Gasteiger partial charge on any atom is -0.395 e. The van der Waals surface area contributed by atoms with Crippen molar-refractivity contribution in [1.82, 2.24) is 5.32 Å². The third kappa shape index (κ3) is 4.22. The van der Waals surface area contributed by atoms with E-state index in [4.69, 9.17) is 23.2 Å². The number of nitrogens with one attached hydrogen (secondary N) is 1. The normalized spacial score (nSPS) is 12.3. The Kier molecular flexibility index (Phi) is 5.86. The largest absolute Gasteiger partial charge is 0.395 e. The molecule has 2 aromatic carbocycles. The summed E-state index contributed by atoms with van der Waals surface area (Å²) in [5, 5.41) is 14.1. The Morgan fingerprint density at radius 3 is 2.20 bits per heavy atom. The van der Waals surface area contributed by atoms with Gasteiger partial charge in [0, 0.05) is 28.2 Å². The van der Waals surface area contributed by atoms with Crippen molar-refractivity contribution in [2.75, 3.05) is 6.61 Å². The summed E-state index contributed by atoms with van der Waals surface area (Å²) in [5.74, 6) is 0. The maximum absolute atomic E-state index is 9.48. The van der Waals surface area contributed by atoms with Crippen LogP contribution in [0.2, 0.25) is 10.0 Å². The monoisotopic (exact) mass is 309 g/mol. The second kappa shape index (κ2) is 7.65. The van der Waals surface area contributed by atoms with Crippen LogP contribution >= 0.6 is 23.2 Å². The third-order valence-electron chi connectivity index (χ3n) is 3.17. The molecule has 0 heterocycles. The molecule has 0 saturated heterocycles. The molecular weight excluding hydrogens is 293 g/mol. The van der Waals surface area contributed by atoms with Gasteiger partial charge in [0.15, 0.2) is 0 Å². The molecule has 0 radical (unpaired) electrons. The van der Waals surface area contributed by atoms with Gasteiger partial charge < -0.3 is 10.4 Å². The van der Waals surface area contributed by atoms with Gasteiger partial charge in [0.1, 0.15) is 0 Å². The molecule has 0 fully saturated rings. The zero-order valence-electron chi connectivity index (χ0n) is 11.0. The van der Waals surface area contributed by atoms with E-state index < -0.39 is 0 Å². The Hall–Kier alpha value is -1.06. The molecule has 0 saturated carbocycles. The Morgan fingerprint density at radius 2 is 1.60 bits per heavy atom. The Bertz CT molecular complexity index is 525. The van der Waals surface area contributed by atoms with E-state index in [2.05, 4.69) is 5.32 Å². The van der Waals surface area contributed by atoms with Gasteiger partial charge >= 0.3 is 0 Å². The predicted molar refractivity (Wildman–Crippen MR) is 84.3 cm³/mol. The molecule has 0 aliphatic heterocycles. The van der Waals surface area contributed by atoms with Crippen LogP contribution in [0.3, 0.4) is 0 Å². The minimum atomic E-state index is -0.0234. The molecule has 0 aliphatic carbocycles. The van der Waals surface area contributed by atoms with E-state index in [1.165, 1.54) is 5.56 Å². The number of hydrogen-bond acceptors (Lipinski definition) is 2. The van der Waals surface area contributed by atoms with Crippen molar-refractivity contribution in [3.63, 3.8) is 0 Å². The lowest BCUT2D eigenvalue weighted by Crippen LogP contribution is -2.34. The van der Waals surface area contributed by atoms with Gasteiger partial charge in [0.05, 0.1) is 6.61 Å². The number of halogens is 2. The first-order valence-electron chi connectivity index (χ1n) is 6.51. The van der Waals surface area contributed by atoms with Crippen LogP contribution in [0.1, 0.15) is 11.1 Å². The predicted octanol–water partition coefficient (Wildman–Crippen LogP) is 3.69. The molecular formula is C16H17Cl2NO. The molecule has 2 N–H and O–H groups in total. The number of aliphatic hydroxyl groups is 1. The Balaban J connectivity index is 1.97. The highest BCUT2D eigenvalue weighted by Gasteiger charge is 2.11. The van der Waals surface area contributed by atoms with Gasteiger partial charge in [-0.1, -0.05) is 59.6 Å². The van der Waals surface area contributed by atoms with E-state index in [1.807, 2.05) is 48.5 Å². The summed E-state index contributed by atoms with van der Waals surface area (Å²) in [5.41, 5.74) is 2.05. The van der Waals surface area contributed by atoms with E-state index >= 15 is 0 Å². The lowest BCUT2D eigenvalue weighted by molar-refractivity contribution is 0.241. The molecule has 1 unspecified atom stereocenters. The molecule has 0 aliphatic rings. The molecule has 0 spiro atoms. The first kappa shape index (κ1) is 15.3. The van der Waals surface area contributed by atoms with Crippen molar-refractivity contribution >= 4 is 23.2 Å². The van der Waals surface area contributed by atoms with E-state index in [0.717, 1.165) is 12.0 Å². The highest BCUT2D eigenvalue weighted by atomic mass is 35.5. The van der Waals surface area contributed by atoms with Crippen LogP contribution in [-0.4, -0.2) is 17.8 Å². The van der Waals surface area contributed by atoms with Crippen molar-refractivity contribution in [3.8, 4) is 0 Å². The summed E-state index contributed by atoms with van der Waals surface area (Å²) in [7, 11) is 0. The highest BCUT2D eigenvalue weighted by Crippen LogP contribution is 2.24. The third-order valence-corrected chi connectivity index (χ3v) is 3.88. The molecule has 0 bridgehead atoms. The fourth-order valence-electron chi connectivity index (χ4n) is 2.05. The molecule has 2 rings (SSSR count).